The van der Waals surface area contributed by atoms with Gasteiger partial charge in [0.2, 0.25) is 0 Å². The molecule has 8 nitrogen and oxygen atoms in total. The van der Waals surface area contributed by atoms with Gasteiger partial charge < -0.3 is 14.5 Å². The molecule has 0 radical (unpaired) electrons. The van der Waals surface area contributed by atoms with E-state index in [4.69, 9.17) is 9.15 Å². The highest BCUT2D eigenvalue weighted by molar-refractivity contribution is 9.10. The third kappa shape index (κ3) is 6.30. The lowest BCUT2D eigenvalue weighted by atomic mass is 10.2. The first-order valence-corrected chi connectivity index (χ1v) is 11.1. The molecule has 2 amide bonds. The van der Waals surface area contributed by atoms with Crippen molar-refractivity contribution in [1.82, 2.24) is 5.43 Å². The standard InChI is InChI=1S/C26H18BrN3O5/c27-20-11-7-18(8-12-20)26(33)35-22-5-2-1-4-19(22)16-28-30-24(31)17-9-13-21(14-10-17)29-25(32)23-6-3-15-34-23/h1-16H,(H,29,32)(H,30,31)/b28-16-. The number of nitrogens with zero attached hydrogens (tertiary/aromatic N) is 1. The van der Waals surface area contributed by atoms with Gasteiger partial charge >= 0.3 is 5.97 Å². The van der Waals surface area contributed by atoms with Gasteiger partial charge in [0.05, 0.1) is 18.0 Å². The van der Waals surface area contributed by atoms with E-state index in [1.54, 1.807) is 84.9 Å². The summed E-state index contributed by atoms with van der Waals surface area (Å²) in [7, 11) is 0. The van der Waals surface area contributed by atoms with Crippen LogP contribution in [0.5, 0.6) is 5.75 Å². The van der Waals surface area contributed by atoms with E-state index in [1.807, 2.05) is 0 Å². The molecule has 0 aliphatic carbocycles. The number of para-hydroxylation sites is 1. The summed E-state index contributed by atoms with van der Waals surface area (Å²) in [6.07, 6.45) is 2.80. The molecule has 0 aliphatic rings. The van der Waals surface area contributed by atoms with Gasteiger partial charge in [-0.3, -0.25) is 9.59 Å². The Hall–Kier alpha value is -4.50. The van der Waals surface area contributed by atoms with Crippen LogP contribution in [0.2, 0.25) is 0 Å². The zero-order chi connectivity index (χ0) is 24.6. The van der Waals surface area contributed by atoms with Crippen molar-refractivity contribution in [3.63, 3.8) is 0 Å². The Balaban J connectivity index is 1.36. The molecule has 35 heavy (non-hydrogen) atoms. The van der Waals surface area contributed by atoms with Crippen LogP contribution in [0, 0.1) is 0 Å². The molecule has 9 heteroatoms. The van der Waals surface area contributed by atoms with Crippen molar-refractivity contribution in [1.29, 1.82) is 0 Å². The number of halogens is 1. The highest BCUT2D eigenvalue weighted by atomic mass is 79.9. The summed E-state index contributed by atoms with van der Waals surface area (Å²) in [6.45, 7) is 0. The molecule has 1 aromatic heterocycles. The van der Waals surface area contributed by atoms with Crippen LogP contribution in [-0.2, 0) is 0 Å². The second-order valence-corrected chi connectivity index (χ2v) is 8.06. The summed E-state index contributed by atoms with van der Waals surface area (Å²) in [4.78, 5) is 36.9. The average molecular weight is 532 g/mol. The minimum absolute atomic E-state index is 0.184. The summed E-state index contributed by atoms with van der Waals surface area (Å²) < 4.78 is 11.4. The molecular formula is C26H18BrN3O5. The molecule has 3 aromatic carbocycles. The molecule has 0 saturated carbocycles. The number of amides is 2. The molecule has 0 spiro atoms. The lowest BCUT2D eigenvalue weighted by Gasteiger charge is -2.07. The van der Waals surface area contributed by atoms with Gasteiger partial charge in [0.1, 0.15) is 5.75 Å². The highest BCUT2D eigenvalue weighted by Crippen LogP contribution is 2.19. The van der Waals surface area contributed by atoms with Crippen molar-refractivity contribution in [3.05, 3.63) is 118 Å². The molecule has 2 N–H and O–H groups in total. The van der Waals surface area contributed by atoms with Crippen molar-refractivity contribution in [2.75, 3.05) is 5.32 Å². The van der Waals surface area contributed by atoms with Crippen molar-refractivity contribution in [3.8, 4) is 5.75 Å². The summed E-state index contributed by atoms with van der Waals surface area (Å²) >= 11 is 3.33. The van der Waals surface area contributed by atoms with Gasteiger partial charge in [-0.1, -0.05) is 28.1 Å². The predicted molar refractivity (Wildman–Crippen MR) is 134 cm³/mol. The first kappa shape index (κ1) is 23.7. The predicted octanol–water partition coefficient (Wildman–Crippen LogP) is 5.28. The van der Waals surface area contributed by atoms with Gasteiger partial charge in [0, 0.05) is 21.3 Å². The van der Waals surface area contributed by atoms with Crippen LogP contribution < -0.4 is 15.5 Å². The van der Waals surface area contributed by atoms with E-state index in [2.05, 4.69) is 31.8 Å². The number of hydrogen-bond donors (Lipinski definition) is 2. The number of esters is 1. The van der Waals surface area contributed by atoms with Gasteiger partial charge in [0.15, 0.2) is 5.76 Å². The fraction of sp³-hybridized carbons (Fsp3) is 0. The minimum Gasteiger partial charge on any atom is -0.459 e. The number of benzene rings is 3. The molecular weight excluding hydrogens is 514 g/mol. The number of nitrogens with one attached hydrogen (secondary N) is 2. The van der Waals surface area contributed by atoms with E-state index in [9.17, 15) is 14.4 Å². The summed E-state index contributed by atoms with van der Waals surface area (Å²) in [5.74, 6) is -0.869. The number of carbonyl (C=O) groups is 3. The van der Waals surface area contributed by atoms with Crippen molar-refractivity contribution in [2.24, 2.45) is 5.10 Å². The zero-order valence-electron chi connectivity index (χ0n) is 18.1. The third-order valence-electron chi connectivity index (χ3n) is 4.72. The Morgan fingerprint density at radius 1 is 0.829 bits per heavy atom. The quantitative estimate of drug-likeness (QED) is 0.146. The number of anilines is 1. The second kappa shape index (κ2) is 11.1. The van der Waals surface area contributed by atoms with Crippen LogP contribution in [0.3, 0.4) is 0 Å². The molecule has 4 aromatic rings. The number of furan rings is 1. The van der Waals surface area contributed by atoms with E-state index in [1.165, 1.54) is 12.5 Å². The molecule has 0 bridgehead atoms. The van der Waals surface area contributed by atoms with Crippen molar-refractivity contribution >= 4 is 45.6 Å². The van der Waals surface area contributed by atoms with Crippen molar-refractivity contribution < 1.29 is 23.5 Å². The molecule has 0 atom stereocenters. The summed E-state index contributed by atoms with van der Waals surface area (Å²) in [5.41, 5.74) is 4.19. The van der Waals surface area contributed by atoms with Crippen LogP contribution in [0.25, 0.3) is 0 Å². The first-order chi connectivity index (χ1) is 17.0. The van der Waals surface area contributed by atoms with Crippen LogP contribution in [-0.4, -0.2) is 24.0 Å². The Labute approximate surface area is 208 Å². The largest absolute Gasteiger partial charge is 0.459 e. The first-order valence-electron chi connectivity index (χ1n) is 10.3. The highest BCUT2D eigenvalue weighted by Gasteiger charge is 2.12. The minimum atomic E-state index is -0.512. The van der Waals surface area contributed by atoms with E-state index >= 15 is 0 Å². The number of hydrogen-bond acceptors (Lipinski definition) is 6. The topological polar surface area (TPSA) is 110 Å². The number of ether oxygens (including phenoxy) is 1. The monoisotopic (exact) mass is 531 g/mol. The Kier molecular flexibility index (Phi) is 7.49. The average Bonchev–Trinajstić information content (AvgIpc) is 3.41. The Morgan fingerprint density at radius 3 is 2.26 bits per heavy atom. The van der Waals surface area contributed by atoms with Crippen LogP contribution in [0.15, 0.2) is 105 Å². The molecule has 1 heterocycles. The Morgan fingerprint density at radius 2 is 1.54 bits per heavy atom. The normalized spacial score (nSPS) is 10.7. The maximum Gasteiger partial charge on any atom is 0.343 e. The zero-order valence-corrected chi connectivity index (χ0v) is 19.7. The maximum atomic E-state index is 12.4. The molecule has 0 aliphatic heterocycles. The summed E-state index contributed by atoms with van der Waals surface area (Å²) in [6, 6.07) is 23.1. The van der Waals surface area contributed by atoms with E-state index < -0.39 is 17.8 Å². The van der Waals surface area contributed by atoms with E-state index in [-0.39, 0.29) is 5.76 Å². The fourth-order valence-electron chi connectivity index (χ4n) is 2.96. The molecule has 0 fully saturated rings. The lowest BCUT2D eigenvalue weighted by molar-refractivity contribution is 0.0734. The fourth-order valence-corrected chi connectivity index (χ4v) is 3.22. The van der Waals surface area contributed by atoms with E-state index in [0.29, 0.717) is 28.1 Å². The smallest absolute Gasteiger partial charge is 0.343 e. The second-order valence-electron chi connectivity index (χ2n) is 7.14. The molecule has 0 unspecified atom stereocenters. The van der Waals surface area contributed by atoms with Gasteiger partial charge in [-0.2, -0.15) is 5.10 Å². The van der Waals surface area contributed by atoms with E-state index in [0.717, 1.165) is 4.47 Å². The Bertz CT molecular complexity index is 1370. The van der Waals surface area contributed by atoms with Gasteiger partial charge in [-0.25, -0.2) is 10.2 Å². The van der Waals surface area contributed by atoms with Crippen molar-refractivity contribution in [2.45, 2.75) is 0 Å². The lowest BCUT2D eigenvalue weighted by Crippen LogP contribution is -2.18. The van der Waals surface area contributed by atoms with Crippen LogP contribution in [0.1, 0.15) is 36.8 Å². The van der Waals surface area contributed by atoms with Gasteiger partial charge in [-0.15, -0.1) is 0 Å². The van der Waals surface area contributed by atoms with Gasteiger partial charge in [-0.05, 0) is 72.8 Å². The SMILES string of the molecule is O=C(N/N=C\c1ccccc1OC(=O)c1ccc(Br)cc1)c1ccc(NC(=O)c2ccco2)cc1. The number of hydrazone groups is 1. The number of carbonyl (C=O) groups excluding carboxylic acids is 3. The summed E-state index contributed by atoms with van der Waals surface area (Å²) in [5, 5.41) is 6.64. The number of rotatable bonds is 7. The van der Waals surface area contributed by atoms with Gasteiger partial charge in [0.25, 0.3) is 11.8 Å². The molecule has 174 valence electrons. The maximum absolute atomic E-state index is 12.4. The van der Waals surface area contributed by atoms with Crippen LogP contribution in [0.4, 0.5) is 5.69 Å². The van der Waals surface area contributed by atoms with Crippen LogP contribution >= 0.6 is 15.9 Å². The third-order valence-corrected chi connectivity index (χ3v) is 5.25. The molecule has 0 saturated heterocycles. The molecule has 4 rings (SSSR count).